The van der Waals surface area contributed by atoms with Crippen LogP contribution in [0.1, 0.15) is 16.7 Å². The van der Waals surface area contributed by atoms with Gasteiger partial charge >= 0.3 is 6.36 Å². The monoisotopic (exact) mass is 432 g/mol. The molecule has 8 heteroatoms. The van der Waals surface area contributed by atoms with Crippen LogP contribution >= 0.6 is 11.6 Å². The summed E-state index contributed by atoms with van der Waals surface area (Å²) in [5.74, 6) is -0.376. The smallest absolute Gasteiger partial charge is 0.485 e. The highest BCUT2D eigenvalue weighted by molar-refractivity contribution is 6.30. The van der Waals surface area contributed by atoms with Crippen LogP contribution in [0.2, 0.25) is 5.02 Å². The number of alkyl halides is 3. The number of pyridine rings is 1. The summed E-state index contributed by atoms with van der Waals surface area (Å²) < 4.78 is 48.6. The number of aromatic nitrogens is 2. The summed E-state index contributed by atoms with van der Waals surface area (Å²) in [6.07, 6.45) is -0.948. The molecule has 154 valence electrons. The molecule has 0 atom stereocenters. The Labute approximate surface area is 175 Å². The van der Waals surface area contributed by atoms with Crippen LogP contribution < -0.4 is 9.47 Å². The molecule has 0 spiro atoms. The number of benzene rings is 2. The Kier molecular flexibility index (Phi) is 5.55. The lowest BCUT2D eigenvalue weighted by atomic mass is 10.0. The molecule has 0 aliphatic heterocycles. The van der Waals surface area contributed by atoms with Crippen molar-refractivity contribution >= 4 is 22.6 Å². The Balaban J connectivity index is 1.58. The summed E-state index contributed by atoms with van der Waals surface area (Å²) in [6.45, 7) is 0.0822. The Bertz CT molecular complexity index is 1160. The van der Waals surface area contributed by atoms with E-state index in [1.165, 1.54) is 12.1 Å². The normalized spacial score (nSPS) is 11.6. The third-order valence-electron chi connectivity index (χ3n) is 4.47. The number of fused-ring (bicyclic) bond motifs is 1. The quantitative estimate of drug-likeness (QED) is 0.390. The van der Waals surface area contributed by atoms with E-state index < -0.39 is 6.36 Å². The standard InChI is InChI=1S/C22H16ClF3N2O2/c23-17-6-3-14(4-7-17)13-29-19-8-5-15(11-20(19)30-22(24,25)26)10-16-12-28-21-18(16)2-1-9-27-21/h1-9,11-12H,10,13H2,(H,27,28). The lowest BCUT2D eigenvalue weighted by Gasteiger charge is -2.15. The van der Waals surface area contributed by atoms with Crippen molar-refractivity contribution in [1.82, 2.24) is 9.97 Å². The molecule has 1 N–H and O–H groups in total. The van der Waals surface area contributed by atoms with Gasteiger partial charge in [-0.25, -0.2) is 4.98 Å². The SMILES string of the molecule is FC(F)(F)Oc1cc(Cc2c[nH]c3ncccc23)ccc1OCc1ccc(Cl)cc1. The van der Waals surface area contributed by atoms with Crippen molar-refractivity contribution in [3.05, 3.63) is 88.7 Å². The second-order valence-corrected chi connectivity index (χ2v) is 7.07. The summed E-state index contributed by atoms with van der Waals surface area (Å²) in [6, 6.07) is 15.1. The molecule has 4 rings (SSSR count). The van der Waals surface area contributed by atoms with Crippen LogP contribution in [0.3, 0.4) is 0 Å². The molecule has 2 heterocycles. The minimum Gasteiger partial charge on any atom is -0.485 e. The van der Waals surface area contributed by atoms with Gasteiger partial charge in [-0.05, 0) is 59.5 Å². The van der Waals surface area contributed by atoms with Crippen molar-refractivity contribution in [3.63, 3.8) is 0 Å². The molecule has 4 nitrogen and oxygen atoms in total. The topological polar surface area (TPSA) is 47.1 Å². The van der Waals surface area contributed by atoms with Gasteiger partial charge in [-0.15, -0.1) is 13.2 Å². The Morgan fingerprint density at radius 3 is 2.50 bits per heavy atom. The lowest BCUT2D eigenvalue weighted by Crippen LogP contribution is -2.18. The van der Waals surface area contributed by atoms with Gasteiger partial charge < -0.3 is 14.5 Å². The van der Waals surface area contributed by atoms with Crippen molar-refractivity contribution in [2.45, 2.75) is 19.4 Å². The van der Waals surface area contributed by atoms with Crippen molar-refractivity contribution in [1.29, 1.82) is 0 Å². The first-order chi connectivity index (χ1) is 14.4. The van der Waals surface area contributed by atoms with E-state index in [0.717, 1.165) is 22.2 Å². The molecule has 4 aromatic rings. The van der Waals surface area contributed by atoms with Crippen LogP contribution in [0.25, 0.3) is 11.0 Å². The molecule has 0 fully saturated rings. The molecule has 0 bridgehead atoms. The maximum Gasteiger partial charge on any atom is 0.573 e. The number of nitrogens with zero attached hydrogens (tertiary/aromatic N) is 1. The molecule has 0 saturated carbocycles. The summed E-state index contributed by atoms with van der Waals surface area (Å²) in [5.41, 5.74) is 3.07. The summed E-state index contributed by atoms with van der Waals surface area (Å²) >= 11 is 5.85. The molecule has 0 aliphatic carbocycles. The van der Waals surface area contributed by atoms with Gasteiger partial charge in [0.15, 0.2) is 11.5 Å². The number of rotatable bonds is 6. The summed E-state index contributed by atoms with van der Waals surface area (Å²) in [5, 5.41) is 1.48. The number of aromatic amines is 1. The number of hydrogen-bond donors (Lipinski definition) is 1. The van der Waals surface area contributed by atoms with E-state index in [0.29, 0.717) is 17.0 Å². The Hall–Kier alpha value is -3.19. The van der Waals surface area contributed by atoms with Crippen LogP contribution in [0.5, 0.6) is 11.5 Å². The molecular formula is C22H16ClF3N2O2. The Morgan fingerprint density at radius 1 is 0.967 bits per heavy atom. The van der Waals surface area contributed by atoms with E-state index in [-0.39, 0.29) is 18.1 Å². The predicted molar refractivity (Wildman–Crippen MR) is 108 cm³/mol. The minimum atomic E-state index is -4.83. The zero-order chi connectivity index (χ0) is 21.1. The van der Waals surface area contributed by atoms with Crippen LogP contribution in [-0.4, -0.2) is 16.3 Å². The third-order valence-corrected chi connectivity index (χ3v) is 4.72. The molecule has 0 aliphatic rings. The zero-order valence-electron chi connectivity index (χ0n) is 15.5. The van der Waals surface area contributed by atoms with Gasteiger partial charge in [-0.3, -0.25) is 0 Å². The fourth-order valence-electron chi connectivity index (χ4n) is 3.11. The van der Waals surface area contributed by atoms with Gasteiger partial charge in [-0.1, -0.05) is 29.8 Å². The number of hydrogen-bond acceptors (Lipinski definition) is 3. The van der Waals surface area contributed by atoms with E-state index in [2.05, 4.69) is 14.7 Å². The predicted octanol–water partition coefficient (Wildman–Crippen LogP) is 6.28. The first-order valence-corrected chi connectivity index (χ1v) is 9.42. The van der Waals surface area contributed by atoms with Gasteiger partial charge in [0.25, 0.3) is 0 Å². The number of ether oxygens (including phenoxy) is 2. The van der Waals surface area contributed by atoms with E-state index in [4.69, 9.17) is 16.3 Å². The van der Waals surface area contributed by atoms with E-state index in [1.807, 2.05) is 12.1 Å². The lowest BCUT2D eigenvalue weighted by molar-refractivity contribution is -0.275. The third kappa shape index (κ3) is 4.86. The average Bonchev–Trinajstić information content (AvgIpc) is 3.10. The van der Waals surface area contributed by atoms with Crippen molar-refractivity contribution in [3.8, 4) is 11.5 Å². The highest BCUT2D eigenvalue weighted by Crippen LogP contribution is 2.34. The van der Waals surface area contributed by atoms with Crippen LogP contribution in [0.4, 0.5) is 13.2 Å². The second kappa shape index (κ2) is 8.28. The van der Waals surface area contributed by atoms with Crippen molar-refractivity contribution in [2.75, 3.05) is 0 Å². The van der Waals surface area contributed by atoms with Gasteiger partial charge in [-0.2, -0.15) is 0 Å². The van der Waals surface area contributed by atoms with Gasteiger partial charge in [0.2, 0.25) is 0 Å². The number of nitrogens with one attached hydrogen (secondary N) is 1. The molecule has 0 amide bonds. The molecule has 2 aromatic carbocycles. The maximum atomic E-state index is 12.9. The van der Waals surface area contributed by atoms with Gasteiger partial charge in [0.05, 0.1) is 0 Å². The first kappa shape index (κ1) is 20.1. The van der Waals surface area contributed by atoms with E-state index in [1.54, 1.807) is 42.7 Å². The maximum absolute atomic E-state index is 12.9. The molecule has 2 aromatic heterocycles. The van der Waals surface area contributed by atoms with Crippen LogP contribution in [0, 0.1) is 0 Å². The zero-order valence-corrected chi connectivity index (χ0v) is 16.3. The highest BCUT2D eigenvalue weighted by Gasteiger charge is 2.32. The molecule has 0 saturated heterocycles. The fourth-order valence-corrected chi connectivity index (χ4v) is 3.23. The van der Waals surface area contributed by atoms with Crippen molar-refractivity contribution in [2.24, 2.45) is 0 Å². The highest BCUT2D eigenvalue weighted by atomic mass is 35.5. The summed E-state index contributed by atoms with van der Waals surface area (Å²) in [7, 11) is 0. The van der Waals surface area contributed by atoms with E-state index in [9.17, 15) is 13.2 Å². The first-order valence-electron chi connectivity index (χ1n) is 9.04. The summed E-state index contributed by atoms with van der Waals surface area (Å²) in [4.78, 5) is 7.28. The molecule has 30 heavy (non-hydrogen) atoms. The molecule has 0 radical (unpaired) electrons. The van der Waals surface area contributed by atoms with Gasteiger partial charge in [0.1, 0.15) is 12.3 Å². The minimum absolute atomic E-state index is 0.00613. The Morgan fingerprint density at radius 2 is 1.73 bits per heavy atom. The van der Waals surface area contributed by atoms with Crippen molar-refractivity contribution < 1.29 is 22.6 Å². The van der Waals surface area contributed by atoms with E-state index >= 15 is 0 Å². The molecular weight excluding hydrogens is 417 g/mol. The van der Waals surface area contributed by atoms with Crippen LogP contribution in [0.15, 0.2) is 67.0 Å². The van der Waals surface area contributed by atoms with Gasteiger partial charge in [0, 0.05) is 22.8 Å². The molecule has 0 unspecified atom stereocenters. The number of halogens is 4. The second-order valence-electron chi connectivity index (χ2n) is 6.63. The van der Waals surface area contributed by atoms with Crippen LogP contribution in [-0.2, 0) is 13.0 Å². The fraction of sp³-hybridized carbons (Fsp3) is 0.136. The largest absolute Gasteiger partial charge is 0.573 e. The average molecular weight is 433 g/mol. The number of H-pyrrole nitrogens is 1.